The van der Waals surface area contributed by atoms with Crippen LogP contribution >= 0.6 is 0 Å². The normalized spacial score (nSPS) is 11.5. The highest BCUT2D eigenvalue weighted by Gasteiger charge is 2.19. The molecule has 0 radical (unpaired) electrons. The number of aromatic nitrogens is 3. The van der Waals surface area contributed by atoms with Gasteiger partial charge in [-0.1, -0.05) is 152 Å². The molecule has 0 unspecified atom stereocenters. The van der Waals surface area contributed by atoms with Crippen LogP contribution in [0.2, 0.25) is 0 Å². The fourth-order valence-corrected chi connectivity index (χ4v) is 7.25. The van der Waals surface area contributed by atoms with E-state index in [0.29, 0.717) is 17.5 Å². The van der Waals surface area contributed by atoms with Gasteiger partial charge in [0, 0.05) is 32.8 Å². The van der Waals surface area contributed by atoms with E-state index in [1.807, 2.05) is 60.7 Å². The minimum atomic E-state index is 0.623. The average Bonchev–Trinajstić information content (AvgIpc) is 3.60. The molecule has 0 aliphatic rings. The van der Waals surface area contributed by atoms with Gasteiger partial charge >= 0.3 is 0 Å². The number of fused-ring (bicyclic) bond motifs is 6. The van der Waals surface area contributed by atoms with E-state index >= 15 is 0 Å². The lowest BCUT2D eigenvalue weighted by atomic mass is 9.92. The van der Waals surface area contributed by atoms with Crippen molar-refractivity contribution in [2.75, 3.05) is 0 Å². The van der Waals surface area contributed by atoms with Gasteiger partial charge in [-0.15, -0.1) is 0 Å². The van der Waals surface area contributed by atoms with Crippen molar-refractivity contribution < 1.29 is 4.42 Å². The van der Waals surface area contributed by atoms with E-state index in [4.69, 9.17) is 19.4 Å². The monoisotopic (exact) mass is 651 g/mol. The van der Waals surface area contributed by atoms with E-state index in [9.17, 15) is 0 Å². The molecular formula is C47H29N3O. The summed E-state index contributed by atoms with van der Waals surface area (Å²) in [6.45, 7) is 0. The Bertz CT molecular complexity index is 2860. The van der Waals surface area contributed by atoms with E-state index in [-0.39, 0.29) is 0 Å². The van der Waals surface area contributed by atoms with Crippen LogP contribution in [0.15, 0.2) is 180 Å². The molecule has 10 rings (SSSR count). The summed E-state index contributed by atoms with van der Waals surface area (Å²) in [6, 6.07) is 61.1. The van der Waals surface area contributed by atoms with Crippen LogP contribution in [0.5, 0.6) is 0 Å². The quantitative estimate of drug-likeness (QED) is 0.186. The Kier molecular flexibility index (Phi) is 6.78. The van der Waals surface area contributed by atoms with Crippen molar-refractivity contribution in [1.29, 1.82) is 0 Å². The van der Waals surface area contributed by atoms with Crippen LogP contribution < -0.4 is 0 Å². The Morgan fingerprint density at radius 3 is 1.65 bits per heavy atom. The fraction of sp³-hybridized carbons (Fsp3) is 0. The third-order valence-electron chi connectivity index (χ3n) is 9.69. The molecule has 0 atom stereocenters. The molecule has 0 aliphatic heterocycles. The molecule has 0 spiro atoms. The lowest BCUT2D eigenvalue weighted by Gasteiger charge is -2.11. The highest BCUT2D eigenvalue weighted by atomic mass is 16.3. The van der Waals surface area contributed by atoms with Gasteiger partial charge in [0.2, 0.25) is 0 Å². The molecule has 10 aromatic rings. The largest absolute Gasteiger partial charge is 0.455 e. The van der Waals surface area contributed by atoms with E-state index in [1.54, 1.807) is 0 Å². The van der Waals surface area contributed by atoms with E-state index < -0.39 is 0 Å². The lowest BCUT2D eigenvalue weighted by Crippen LogP contribution is -2.00. The number of hydrogen-bond donors (Lipinski definition) is 0. The van der Waals surface area contributed by atoms with Crippen LogP contribution in [0.25, 0.3) is 99.9 Å². The van der Waals surface area contributed by atoms with Crippen molar-refractivity contribution in [1.82, 2.24) is 15.0 Å². The highest BCUT2D eigenvalue weighted by molar-refractivity contribution is 6.22. The summed E-state index contributed by atoms with van der Waals surface area (Å²) in [5.41, 5.74) is 9.06. The topological polar surface area (TPSA) is 51.8 Å². The Morgan fingerprint density at radius 2 is 0.902 bits per heavy atom. The number of benzene rings is 8. The van der Waals surface area contributed by atoms with Gasteiger partial charge in [-0.3, -0.25) is 0 Å². The minimum absolute atomic E-state index is 0.623. The highest BCUT2D eigenvalue weighted by Crippen LogP contribution is 2.43. The van der Waals surface area contributed by atoms with Crippen LogP contribution in [0.1, 0.15) is 0 Å². The van der Waals surface area contributed by atoms with Crippen molar-refractivity contribution >= 4 is 43.5 Å². The molecule has 8 aromatic carbocycles. The lowest BCUT2D eigenvalue weighted by molar-refractivity contribution is 0.673. The first-order chi connectivity index (χ1) is 25.3. The third-order valence-corrected chi connectivity index (χ3v) is 9.69. The molecule has 0 N–H and O–H groups in total. The van der Waals surface area contributed by atoms with Gasteiger partial charge in [0.05, 0.1) is 0 Å². The van der Waals surface area contributed by atoms with Crippen LogP contribution in [-0.2, 0) is 0 Å². The Hall–Kier alpha value is -6.91. The van der Waals surface area contributed by atoms with E-state index in [0.717, 1.165) is 55.1 Å². The predicted molar refractivity (Wildman–Crippen MR) is 209 cm³/mol. The zero-order valence-electron chi connectivity index (χ0n) is 27.5. The molecule has 4 heteroatoms. The summed E-state index contributed by atoms with van der Waals surface area (Å²) >= 11 is 0. The molecule has 0 saturated carbocycles. The van der Waals surface area contributed by atoms with Crippen molar-refractivity contribution in [2.45, 2.75) is 0 Å². The molecule has 0 aliphatic carbocycles. The second-order valence-corrected chi connectivity index (χ2v) is 12.8. The van der Waals surface area contributed by atoms with Gasteiger partial charge in [0.15, 0.2) is 17.5 Å². The summed E-state index contributed by atoms with van der Waals surface area (Å²) in [5.74, 6) is 1.90. The van der Waals surface area contributed by atoms with Crippen molar-refractivity contribution in [3.63, 3.8) is 0 Å². The van der Waals surface area contributed by atoms with Crippen LogP contribution in [0.4, 0.5) is 0 Å². The number of rotatable bonds is 5. The Balaban J connectivity index is 1.17. The molecule has 0 amide bonds. The summed E-state index contributed by atoms with van der Waals surface area (Å²) in [4.78, 5) is 14.9. The zero-order chi connectivity index (χ0) is 33.7. The maximum atomic E-state index is 6.70. The van der Waals surface area contributed by atoms with Crippen LogP contribution in [0, 0.1) is 0 Å². The zero-order valence-corrected chi connectivity index (χ0v) is 27.5. The van der Waals surface area contributed by atoms with Gasteiger partial charge in [0.1, 0.15) is 11.2 Å². The summed E-state index contributed by atoms with van der Waals surface area (Å²) in [7, 11) is 0. The molecule has 4 nitrogen and oxygen atoms in total. The SMILES string of the molecule is c1ccc(-c2nc(-c3ccccc3)nc(-c3cccc(-c4cccc5oc6c7ccccc7c(-c7ccc8ccccc8c7)cc6c45)c3)n2)cc1. The summed E-state index contributed by atoms with van der Waals surface area (Å²) in [6.07, 6.45) is 0. The maximum Gasteiger partial charge on any atom is 0.164 e. The molecule has 0 saturated heterocycles. The van der Waals surface area contributed by atoms with Crippen molar-refractivity contribution in [3.8, 4) is 56.4 Å². The standard InChI is InChI=1S/C47H29N3O/c1-3-14-31(15-4-1)45-48-46(32-16-5-2-6-17-32)50-47(49-45)36-20-11-19-34(28-36)37-23-12-24-42-43(37)41-29-40(38-21-9-10-22-39(38)44(41)51-42)35-26-25-30-13-7-8-18-33(30)27-35/h1-29H. The second-order valence-electron chi connectivity index (χ2n) is 12.8. The number of nitrogens with zero attached hydrogens (tertiary/aromatic N) is 3. The Labute approximate surface area is 294 Å². The molecule has 0 fully saturated rings. The minimum Gasteiger partial charge on any atom is -0.455 e. The fourth-order valence-electron chi connectivity index (χ4n) is 7.25. The predicted octanol–water partition coefficient (Wildman–Crippen LogP) is 12.4. The summed E-state index contributed by atoms with van der Waals surface area (Å²) in [5, 5.41) is 6.89. The molecule has 2 heterocycles. The molecule has 0 bridgehead atoms. The maximum absolute atomic E-state index is 6.70. The van der Waals surface area contributed by atoms with Crippen molar-refractivity contribution in [3.05, 3.63) is 176 Å². The van der Waals surface area contributed by atoms with Gasteiger partial charge in [-0.05, 0) is 62.7 Å². The van der Waals surface area contributed by atoms with Gasteiger partial charge < -0.3 is 4.42 Å². The first-order valence-electron chi connectivity index (χ1n) is 17.1. The first kappa shape index (κ1) is 29.0. The number of hydrogen-bond acceptors (Lipinski definition) is 4. The smallest absolute Gasteiger partial charge is 0.164 e. The van der Waals surface area contributed by atoms with Crippen LogP contribution in [0.3, 0.4) is 0 Å². The van der Waals surface area contributed by atoms with Crippen LogP contribution in [-0.4, -0.2) is 15.0 Å². The van der Waals surface area contributed by atoms with Crippen molar-refractivity contribution in [2.24, 2.45) is 0 Å². The molecule has 51 heavy (non-hydrogen) atoms. The van der Waals surface area contributed by atoms with Gasteiger partial charge in [-0.2, -0.15) is 0 Å². The second kappa shape index (κ2) is 11.9. The van der Waals surface area contributed by atoms with Gasteiger partial charge in [0.25, 0.3) is 0 Å². The Morgan fingerprint density at radius 1 is 0.333 bits per heavy atom. The number of furan rings is 1. The molecular weight excluding hydrogens is 623 g/mol. The van der Waals surface area contributed by atoms with E-state index in [2.05, 4.69) is 115 Å². The summed E-state index contributed by atoms with van der Waals surface area (Å²) < 4.78 is 6.70. The average molecular weight is 652 g/mol. The molecule has 2 aromatic heterocycles. The first-order valence-corrected chi connectivity index (χ1v) is 17.1. The van der Waals surface area contributed by atoms with Gasteiger partial charge in [-0.25, -0.2) is 15.0 Å². The molecule has 238 valence electrons. The van der Waals surface area contributed by atoms with E-state index in [1.165, 1.54) is 27.3 Å². The third kappa shape index (κ3) is 5.04.